The van der Waals surface area contributed by atoms with Crippen molar-refractivity contribution >= 4 is 20.3 Å². The first kappa shape index (κ1) is 15.4. The van der Waals surface area contributed by atoms with Crippen LogP contribution in [0.2, 0.25) is 18.1 Å². The van der Waals surface area contributed by atoms with E-state index in [1.807, 2.05) is 13.1 Å². The lowest BCUT2D eigenvalue weighted by Crippen LogP contribution is -2.44. The van der Waals surface area contributed by atoms with Gasteiger partial charge in [0.15, 0.2) is 5.75 Å². The van der Waals surface area contributed by atoms with Gasteiger partial charge in [-0.25, -0.2) is 0 Å². The van der Waals surface area contributed by atoms with Crippen molar-refractivity contribution < 1.29 is 14.1 Å². The van der Waals surface area contributed by atoms with Crippen molar-refractivity contribution in [1.29, 1.82) is 0 Å². The summed E-state index contributed by atoms with van der Waals surface area (Å²) in [5.74, 6) is 0.182. The Morgan fingerprint density at radius 3 is 2.32 bits per heavy atom. The fraction of sp³-hybridized carbons (Fsp3) is 0.462. The van der Waals surface area contributed by atoms with Crippen LogP contribution in [0, 0.1) is 10.1 Å². The van der Waals surface area contributed by atoms with Gasteiger partial charge in [-0.2, -0.15) is 0 Å². The lowest BCUT2D eigenvalue weighted by atomic mass is 10.2. The van der Waals surface area contributed by atoms with Crippen LogP contribution in [0.4, 0.5) is 5.69 Å². The molecule has 0 bridgehead atoms. The summed E-state index contributed by atoms with van der Waals surface area (Å²) in [4.78, 5) is 21.3. The minimum Gasteiger partial charge on any atom is -0.539 e. The lowest BCUT2D eigenvalue weighted by molar-refractivity contribution is -0.385. The van der Waals surface area contributed by atoms with E-state index < -0.39 is 13.2 Å². The molecule has 19 heavy (non-hydrogen) atoms. The number of carbonyl (C=O) groups is 1. The van der Waals surface area contributed by atoms with Gasteiger partial charge in [-0.1, -0.05) is 20.8 Å². The van der Waals surface area contributed by atoms with Crippen molar-refractivity contribution in [2.45, 2.75) is 38.9 Å². The zero-order valence-corrected chi connectivity index (χ0v) is 12.9. The zero-order valence-electron chi connectivity index (χ0n) is 11.9. The minimum atomic E-state index is -2.18. The molecule has 0 fully saturated rings. The van der Waals surface area contributed by atoms with Gasteiger partial charge in [-0.3, -0.25) is 14.9 Å². The summed E-state index contributed by atoms with van der Waals surface area (Å²) < 4.78 is 5.94. The van der Waals surface area contributed by atoms with Crippen LogP contribution in [0.15, 0.2) is 18.2 Å². The molecule has 0 spiro atoms. The molecule has 0 saturated carbocycles. The lowest BCUT2D eigenvalue weighted by Gasteiger charge is -2.36. The maximum absolute atomic E-state index is 11.0. The SMILES string of the molecule is CC(C)(C)[Si](C)(C)Oc1cc(C=O)ccc1[N+](=O)[O-]. The largest absolute Gasteiger partial charge is 0.539 e. The average molecular weight is 281 g/mol. The molecule has 0 radical (unpaired) electrons. The fourth-order valence-corrected chi connectivity index (χ4v) is 2.28. The Balaban J connectivity index is 3.25. The summed E-state index contributed by atoms with van der Waals surface area (Å²) in [6, 6.07) is 4.17. The Labute approximate surface area is 113 Å². The van der Waals surface area contributed by atoms with Gasteiger partial charge in [0.1, 0.15) is 6.29 Å². The quantitative estimate of drug-likeness (QED) is 0.364. The number of nitrogens with zero attached hydrogens (tertiary/aromatic N) is 1. The van der Waals surface area contributed by atoms with E-state index in [0.29, 0.717) is 11.8 Å². The van der Waals surface area contributed by atoms with E-state index in [-0.39, 0.29) is 16.5 Å². The van der Waals surface area contributed by atoms with Crippen molar-refractivity contribution in [1.82, 2.24) is 0 Å². The summed E-state index contributed by atoms with van der Waals surface area (Å²) in [5, 5.41) is 10.9. The van der Waals surface area contributed by atoms with E-state index in [9.17, 15) is 14.9 Å². The fourth-order valence-electron chi connectivity index (χ4n) is 1.26. The molecule has 0 N–H and O–H groups in total. The third-order valence-corrected chi connectivity index (χ3v) is 7.83. The molecule has 1 rings (SSSR count). The van der Waals surface area contributed by atoms with Gasteiger partial charge in [0.05, 0.1) is 4.92 Å². The van der Waals surface area contributed by atoms with Crippen molar-refractivity contribution in [3.63, 3.8) is 0 Å². The van der Waals surface area contributed by atoms with Gasteiger partial charge < -0.3 is 4.43 Å². The Bertz CT molecular complexity index is 506. The predicted octanol–water partition coefficient (Wildman–Crippen LogP) is 3.79. The number of hydrogen-bond donors (Lipinski definition) is 0. The van der Waals surface area contributed by atoms with E-state index in [1.165, 1.54) is 18.2 Å². The van der Waals surface area contributed by atoms with Gasteiger partial charge in [0, 0.05) is 11.6 Å². The van der Waals surface area contributed by atoms with Gasteiger partial charge in [-0.05, 0) is 30.3 Å². The highest BCUT2D eigenvalue weighted by atomic mass is 28.4. The van der Waals surface area contributed by atoms with Crippen molar-refractivity contribution in [3.8, 4) is 5.75 Å². The molecule has 0 aliphatic heterocycles. The standard InChI is InChI=1S/C13H19NO4Si/c1-13(2,3)19(4,5)18-12-8-10(9-15)6-7-11(12)14(16)17/h6-9H,1-5H3. The number of aldehydes is 1. The first-order chi connectivity index (χ1) is 8.58. The normalized spacial score (nSPS) is 12.1. The second-order valence-corrected chi connectivity index (χ2v) is 10.7. The highest BCUT2D eigenvalue weighted by Gasteiger charge is 2.40. The van der Waals surface area contributed by atoms with E-state index in [2.05, 4.69) is 20.8 Å². The van der Waals surface area contributed by atoms with Crippen LogP contribution in [0.25, 0.3) is 0 Å². The zero-order chi connectivity index (χ0) is 14.8. The van der Waals surface area contributed by atoms with Gasteiger partial charge >= 0.3 is 5.69 Å². The minimum absolute atomic E-state index is 0.0714. The van der Waals surface area contributed by atoms with Gasteiger partial charge in [0.2, 0.25) is 0 Å². The van der Waals surface area contributed by atoms with Crippen molar-refractivity contribution in [3.05, 3.63) is 33.9 Å². The average Bonchev–Trinajstić information content (AvgIpc) is 2.26. The van der Waals surface area contributed by atoms with Crippen LogP contribution in [0.3, 0.4) is 0 Å². The van der Waals surface area contributed by atoms with E-state index in [0.717, 1.165) is 0 Å². The second kappa shape index (κ2) is 5.12. The highest BCUT2D eigenvalue weighted by Crippen LogP contribution is 2.39. The van der Waals surface area contributed by atoms with Crippen LogP contribution in [-0.4, -0.2) is 19.5 Å². The van der Waals surface area contributed by atoms with Crippen molar-refractivity contribution in [2.24, 2.45) is 0 Å². The van der Waals surface area contributed by atoms with Crippen LogP contribution < -0.4 is 4.43 Å². The highest BCUT2D eigenvalue weighted by molar-refractivity contribution is 6.74. The Hall–Kier alpha value is -1.69. The third-order valence-electron chi connectivity index (χ3n) is 3.49. The summed E-state index contributed by atoms with van der Waals surface area (Å²) >= 11 is 0. The summed E-state index contributed by atoms with van der Waals surface area (Å²) in [5.41, 5.74) is 0.273. The number of hydrogen-bond acceptors (Lipinski definition) is 4. The number of rotatable bonds is 4. The molecule has 0 aliphatic rings. The summed E-state index contributed by atoms with van der Waals surface area (Å²) in [7, 11) is -2.18. The Kier molecular flexibility index (Phi) is 4.14. The van der Waals surface area contributed by atoms with Crippen LogP contribution in [-0.2, 0) is 0 Å². The van der Waals surface area contributed by atoms with Crippen LogP contribution in [0.5, 0.6) is 5.75 Å². The molecule has 6 heteroatoms. The topological polar surface area (TPSA) is 69.4 Å². The molecule has 0 aliphatic carbocycles. The molecule has 1 aromatic rings. The first-order valence-electron chi connectivity index (χ1n) is 6.01. The molecule has 0 aromatic heterocycles. The molecule has 0 saturated heterocycles. The van der Waals surface area contributed by atoms with Crippen molar-refractivity contribution in [2.75, 3.05) is 0 Å². The monoisotopic (exact) mass is 281 g/mol. The third kappa shape index (κ3) is 3.41. The molecule has 1 aromatic carbocycles. The maximum Gasteiger partial charge on any atom is 0.309 e. The maximum atomic E-state index is 11.0. The first-order valence-corrected chi connectivity index (χ1v) is 8.92. The molecule has 0 amide bonds. The summed E-state index contributed by atoms with van der Waals surface area (Å²) in [6.45, 7) is 10.2. The van der Waals surface area contributed by atoms with Gasteiger partial charge in [0.25, 0.3) is 8.32 Å². The van der Waals surface area contributed by atoms with Crippen LogP contribution >= 0.6 is 0 Å². The Morgan fingerprint density at radius 2 is 1.89 bits per heavy atom. The molecule has 0 unspecified atom stereocenters. The number of nitro groups is 1. The van der Waals surface area contributed by atoms with E-state index >= 15 is 0 Å². The van der Waals surface area contributed by atoms with Gasteiger partial charge in [-0.15, -0.1) is 0 Å². The Morgan fingerprint density at radius 1 is 1.32 bits per heavy atom. The molecular weight excluding hydrogens is 262 g/mol. The number of benzene rings is 1. The molecule has 0 atom stereocenters. The number of carbonyl (C=O) groups excluding carboxylic acids is 1. The molecule has 5 nitrogen and oxygen atoms in total. The van der Waals surface area contributed by atoms with Crippen LogP contribution in [0.1, 0.15) is 31.1 Å². The number of nitro benzene ring substituents is 1. The second-order valence-electron chi connectivity index (χ2n) is 5.96. The van der Waals surface area contributed by atoms with E-state index in [1.54, 1.807) is 0 Å². The summed E-state index contributed by atoms with van der Waals surface area (Å²) in [6.07, 6.45) is 0.655. The molecule has 0 heterocycles. The van der Waals surface area contributed by atoms with E-state index in [4.69, 9.17) is 4.43 Å². The molecule has 104 valence electrons. The molecular formula is C13H19NO4Si. The smallest absolute Gasteiger partial charge is 0.309 e. The predicted molar refractivity (Wildman–Crippen MR) is 76.3 cm³/mol.